The molecule has 0 atom stereocenters. The number of rotatable bonds is 5. The molecule has 3 rings (SSSR count). The Hall–Kier alpha value is -3.09. The first-order valence-corrected chi connectivity index (χ1v) is 7.37. The van der Waals surface area contributed by atoms with Crippen LogP contribution in [-0.4, -0.2) is 21.0 Å². The summed E-state index contributed by atoms with van der Waals surface area (Å²) in [6.45, 7) is -0.101. The molecule has 1 heterocycles. The molecule has 0 amide bonds. The lowest BCUT2D eigenvalue weighted by molar-refractivity contribution is -0.145. The van der Waals surface area contributed by atoms with Crippen LogP contribution in [0.5, 0.6) is 0 Å². The lowest BCUT2D eigenvalue weighted by Crippen LogP contribution is -2.25. The largest absolute Gasteiger partial charge is 0.461 e. The van der Waals surface area contributed by atoms with Crippen molar-refractivity contribution in [1.29, 1.82) is 0 Å². The van der Waals surface area contributed by atoms with Crippen LogP contribution in [0.25, 0.3) is 10.9 Å². The Labute approximate surface area is 136 Å². The monoisotopic (exact) mass is 327 g/mol. The molecule has 0 radical (unpaired) electrons. The Kier molecular flexibility index (Phi) is 4.60. The van der Waals surface area contributed by atoms with E-state index in [1.165, 1.54) is 6.07 Å². The molecule has 0 unspecified atom stereocenters. The Bertz CT molecular complexity index is 940. The van der Waals surface area contributed by atoms with Crippen molar-refractivity contribution >= 4 is 16.9 Å². The lowest BCUT2D eigenvalue weighted by Gasteiger charge is -2.07. The van der Waals surface area contributed by atoms with Crippen molar-refractivity contribution in [2.75, 3.05) is 0 Å². The van der Waals surface area contributed by atoms with Crippen LogP contribution >= 0.6 is 0 Å². The molecule has 0 N–H and O–H groups in total. The predicted octanol–water partition coefficient (Wildman–Crippen LogP) is 2.06. The number of fused-ring (bicyclic) bond motifs is 1. The van der Waals surface area contributed by atoms with E-state index in [-0.39, 0.29) is 25.1 Å². The van der Waals surface area contributed by atoms with Crippen LogP contribution in [0.1, 0.15) is 12.0 Å². The van der Waals surface area contributed by atoms with Gasteiger partial charge in [0.25, 0.3) is 5.56 Å². The molecule has 7 heteroatoms. The summed E-state index contributed by atoms with van der Waals surface area (Å²) < 4.78 is 19.6. The quantitative estimate of drug-likeness (QED) is 0.671. The van der Waals surface area contributed by atoms with E-state index in [4.69, 9.17) is 4.74 Å². The normalized spacial score (nSPS) is 10.7. The second-order valence-corrected chi connectivity index (χ2v) is 5.14. The molecule has 3 aromatic rings. The number of hydrogen-bond acceptors (Lipinski definition) is 5. The lowest BCUT2D eigenvalue weighted by atomic mass is 10.2. The maximum absolute atomic E-state index is 13.4. The first kappa shape index (κ1) is 15.8. The van der Waals surface area contributed by atoms with Crippen LogP contribution in [0.2, 0.25) is 0 Å². The number of esters is 1. The number of hydrogen-bond donors (Lipinski definition) is 0. The minimum atomic E-state index is -0.542. The Morgan fingerprint density at radius 3 is 2.71 bits per heavy atom. The molecular formula is C17H14FN3O3. The molecular weight excluding hydrogens is 313 g/mol. The average molecular weight is 327 g/mol. The number of carbonyl (C=O) groups excluding carboxylic acids is 1. The van der Waals surface area contributed by atoms with Gasteiger partial charge in [0.15, 0.2) is 0 Å². The van der Waals surface area contributed by atoms with Gasteiger partial charge < -0.3 is 4.74 Å². The van der Waals surface area contributed by atoms with Crippen LogP contribution in [0.4, 0.5) is 4.39 Å². The number of benzene rings is 2. The number of halogens is 1. The van der Waals surface area contributed by atoms with Crippen molar-refractivity contribution in [3.05, 3.63) is 70.3 Å². The zero-order chi connectivity index (χ0) is 16.9. The summed E-state index contributed by atoms with van der Waals surface area (Å²) in [5, 5.41) is 8.17. The fourth-order valence-electron chi connectivity index (χ4n) is 2.21. The highest BCUT2D eigenvalue weighted by Gasteiger charge is 2.09. The molecule has 122 valence electrons. The third-order valence-corrected chi connectivity index (χ3v) is 3.50. The van der Waals surface area contributed by atoms with Crippen LogP contribution < -0.4 is 5.56 Å². The molecule has 0 aliphatic heterocycles. The van der Waals surface area contributed by atoms with Gasteiger partial charge >= 0.3 is 5.97 Å². The zero-order valence-electron chi connectivity index (χ0n) is 12.7. The van der Waals surface area contributed by atoms with Gasteiger partial charge in [0, 0.05) is 5.56 Å². The molecule has 1 aromatic heterocycles. The highest BCUT2D eigenvalue weighted by atomic mass is 19.1. The van der Waals surface area contributed by atoms with Gasteiger partial charge in [-0.3, -0.25) is 9.59 Å². The molecule has 0 aliphatic rings. The standard InChI is InChI=1S/C17H14FN3O3/c18-14-7-3-1-5-12(14)11-24-16(22)9-10-21-17(23)13-6-2-4-8-15(13)19-20-21/h1-8H,9-11H2. The summed E-state index contributed by atoms with van der Waals surface area (Å²) in [6.07, 6.45) is -0.0542. The van der Waals surface area contributed by atoms with E-state index in [1.807, 2.05) is 0 Å². The first-order valence-electron chi connectivity index (χ1n) is 7.37. The number of aryl methyl sites for hydroxylation is 1. The summed E-state index contributed by atoms with van der Waals surface area (Å²) in [6, 6.07) is 12.9. The second-order valence-electron chi connectivity index (χ2n) is 5.14. The van der Waals surface area contributed by atoms with Gasteiger partial charge in [-0.25, -0.2) is 9.07 Å². The summed E-state index contributed by atoms with van der Waals surface area (Å²) in [4.78, 5) is 24.0. The summed E-state index contributed by atoms with van der Waals surface area (Å²) in [5.74, 6) is -0.970. The molecule has 0 bridgehead atoms. The van der Waals surface area contributed by atoms with E-state index in [0.717, 1.165) is 4.68 Å². The Balaban J connectivity index is 1.61. The van der Waals surface area contributed by atoms with Crippen LogP contribution in [0, 0.1) is 5.82 Å². The maximum Gasteiger partial charge on any atom is 0.308 e. The molecule has 0 saturated heterocycles. The number of carbonyl (C=O) groups is 1. The number of aromatic nitrogens is 3. The second kappa shape index (κ2) is 6.99. The van der Waals surface area contributed by atoms with Crippen LogP contribution in [0.15, 0.2) is 53.3 Å². The van der Waals surface area contributed by atoms with Gasteiger partial charge in [-0.1, -0.05) is 35.5 Å². The van der Waals surface area contributed by atoms with Crippen molar-refractivity contribution in [3.63, 3.8) is 0 Å². The smallest absolute Gasteiger partial charge is 0.308 e. The molecule has 0 spiro atoms. The van der Waals surface area contributed by atoms with Crippen molar-refractivity contribution in [1.82, 2.24) is 15.0 Å². The van der Waals surface area contributed by atoms with Gasteiger partial charge in [0.1, 0.15) is 17.9 Å². The average Bonchev–Trinajstić information content (AvgIpc) is 2.61. The molecule has 2 aromatic carbocycles. The van der Waals surface area contributed by atoms with E-state index in [1.54, 1.807) is 42.5 Å². The maximum atomic E-state index is 13.4. The zero-order valence-corrected chi connectivity index (χ0v) is 12.7. The molecule has 0 fully saturated rings. The van der Waals surface area contributed by atoms with Crippen LogP contribution in [0.3, 0.4) is 0 Å². The van der Waals surface area contributed by atoms with Gasteiger partial charge in [-0.05, 0) is 18.2 Å². The fourth-order valence-corrected chi connectivity index (χ4v) is 2.21. The highest BCUT2D eigenvalue weighted by molar-refractivity contribution is 5.76. The topological polar surface area (TPSA) is 74.1 Å². The first-order chi connectivity index (χ1) is 11.6. The molecule has 0 saturated carbocycles. The van der Waals surface area contributed by atoms with E-state index in [2.05, 4.69) is 10.3 Å². The van der Waals surface area contributed by atoms with Crippen molar-refractivity contribution in [3.8, 4) is 0 Å². The number of nitrogens with zero attached hydrogens (tertiary/aromatic N) is 3. The summed E-state index contributed by atoms with van der Waals surface area (Å²) >= 11 is 0. The Morgan fingerprint density at radius 2 is 1.88 bits per heavy atom. The minimum Gasteiger partial charge on any atom is -0.461 e. The molecule has 0 aliphatic carbocycles. The summed E-state index contributed by atoms with van der Waals surface area (Å²) in [5.41, 5.74) is 0.483. The van der Waals surface area contributed by atoms with Gasteiger partial charge in [0.05, 0.1) is 18.4 Å². The minimum absolute atomic E-state index is 0.0484. The predicted molar refractivity (Wildman–Crippen MR) is 84.6 cm³/mol. The van der Waals surface area contributed by atoms with E-state index in [0.29, 0.717) is 16.5 Å². The van der Waals surface area contributed by atoms with Crippen LogP contribution in [-0.2, 0) is 22.7 Å². The number of ether oxygens (including phenoxy) is 1. The third kappa shape index (κ3) is 3.45. The Morgan fingerprint density at radius 1 is 1.12 bits per heavy atom. The van der Waals surface area contributed by atoms with Crippen molar-refractivity contribution in [2.45, 2.75) is 19.6 Å². The van der Waals surface area contributed by atoms with E-state index < -0.39 is 11.8 Å². The highest BCUT2D eigenvalue weighted by Crippen LogP contribution is 2.08. The van der Waals surface area contributed by atoms with Crippen molar-refractivity contribution in [2.24, 2.45) is 0 Å². The molecule has 24 heavy (non-hydrogen) atoms. The van der Waals surface area contributed by atoms with Gasteiger partial charge in [-0.2, -0.15) is 0 Å². The van der Waals surface area contributed by atoms with Gasteiger partial charge in [-0.15, -0.1) is 5.10 Å². The summed E-state index contributed by atoms with van der Waals surface area (Å²) in [7, 11) is 0. The van der Waals surface area contributed by atoms with Gasteiger partial charge in [0.2, 0.25) is 0 Å². The van der Waals surface area contributed by atoms with E-state index in [9.17, 15) is 14.0 Å². The molecule has 6 nitrogen and oxygen atoms in total. The van der Waals surface area contributed by atoms with Crippen molar-refractivity contribution < 1.29 is 13.9 Å². The fraction of sp³-hybridized carbons (Fsp3) is 0.176. The third-order valence-electron chi connectivity index (χ3n) is 3.50. The van der Waals surface area contributed by atoms with E-state index >= 15 is 0 Å². The SMILES string of the molecule is O=C(CCn1nnc2ccccc2c1=O)OCc1ccccc1F.